The van der Waals surface area contributed by atoms with Crippen molar-refractivity contribution in [3.8, 4) is 0 Å². The van der Waals surface area contributed by atoms with Gasteiger partial charge in [-0.15, -0.1) is 0 Å². The first kappa shape index (κ1) is 51.1. The number of nitrogens with one attached hydrogen (secondary N) is 2. The fourth-order valence-electron chi connectivity index (χ4n) is 19.2. The highest BCUT2D eigenvalue weighted by Gasteiger charge is 2.67. The Morgan fingerprint density at radius 3 is 2.15 bits per heavy atom. The van der Waals surface area contributed by atoms with Gasteiger partial charge in [0, 0.05) is 55.1 Å². The van der Waals surface area contributed by atoms with E-state index < -0.39 is 11.4 Å². The van der Waals surface area contributed by atoms with E-state index in [1.165, 1.54) is 51.4 Å². The lowest BCUT2D eigenvalue weighted by Crippen LogP contribution is -2.61. The zero-order valence-electron chi connectivity index (χ0n) is 44.3. The molecule has 378 valence electrons. The van der Waals surface area contributed by atoms with Crippen LogP contribution in [0.1, 0.15) is 217 Å². The molecule has 3 unspecified atom stereocenters. The van der Waals surface area contributed by atoms with Crippen LogP contribution in [0.3, 0.4) is 0 Å². The second kappa shape index (κ2) is 19.4. The van der Waals surface area contributed by atoms with Crippen LogP contribution in [-0.4, -0.2) is 53.0 Å². The smallest absolute Gasteiger partial charge is 0.407 e. The second-order valence-electron chi connectivity index (χ2n) is 27.0. The Morgan fingerprint density at radius 2 is 1.42 bits per heavy atom. The van der Waals surface area contributed by atoms with Crippen molar-refractivity contribution in [1.29, 1.82) is 0 Å². The molecule has 8 nitrogen and oxygen atoms in total. The minimum atomic E-state index is -0.780. The molecule has 19 atom stereocenters. The summed E-state index contributed by atoms with van der Waals surface area (Å²) in [7, 11) is 0. The molecule has 0 saturated heterocycles. The highest BCUT2D eigenvalue weighted by Crippen LogP contribution is 2.72. The van der Waals surface area contributed by atoms with Crippen LogP contribution in [0.25, 0.3) is 0 Å². The zero-order chi connectivity index (χ0) is 48.4. The fourth-order valence-corrected chi connectivity index (χ4v) is 19.2. The first-order valence-corrected chi connectivity index (χ1v) is 28.2. The molecule has 0 aliphatic heterocycles. The predicted octanol–water partition coefficient (Wildman–Crippen LogP) is 13.5. The third-order valence-corrected chi connectivity index (χ3v) is 22.9. The average Bonchev–Trinajstić information content (AvgIpc) is 3.81. The summed E-state index contributed by atoms with van der Waals surface area (Å²) in [6, 6.07) is 0.631. The van der Waals surface area contributed by atoms with Gasteiger partial charge in [0.2, 0.25) is 0 Å². The van der Waals surface area contributed by atoms with Crippen molar-refractivity contribution < 1.29 is 29.0 Å². The molecule has 0 aromatic rings. The van der Waals surface area contributed by atoms with E-state index in [0.717, 1.165) is 87.9 Å². The maximum Gasteiger partial charge on any atom is 0.407 e. The molecule has 67 heavy (non-hydrogen) atoms. The predicted molar refractivity (Wildman–Crippen MR) is 268 cm³/mol. The van der Waals surface area contributed by atoms with Crippen molar-refractivity contribution >= 4 is 23.6 Å². The van der Waals surface area contributed by atoms with Gasteiger partial charge < -0.3 is 20.5 Å². The van der Waals surface area contributed by atoms with Gasteiger partial charge in [0.05, 0.1) is 0 Å². The maximum atomic E-state index is 14.3. The van der Waals surface area contributed by atoms with Gasteiger partial charge in [0.1, 0.15) is 17.7 Å². The second-order valence-corrected chi connectivity index (χ2v) is 27.0. The Hall–Kier alpha value is -2.22. The van der Waals surface area contributed by atoms with Gasteiger partial charge in [-0.3, -0.25) is 14.4 Å². The van der Waals surface area contributed by atoms with E-state index in [-0.39, 0.29) is 77.0 Å². The number of ketones is 2. The lowest BCUT2D eigenvalue weighted by molar-refractivity contribution is -0.166. The summed E-state index contributed by atoms with van der Waals surface area (Å²) in [5.41, 5.74) is 2.04. The van der Waals surface area contributed by atoms with E-state index in [1.807, 2.05) is 0 Å². The third-order valence-electron chi connectivity index (χ3n) is 22.9. The van der Waals surface area contributed by atoms with Gasteiger partial charge in [-0.25, -0.2) is 4.79 Å². The van der Waals surface area contributed by atoms with Crippen molar-refractivity contribution in [1.82, 2.24) is 10.6 Å². The number of allylic oxidation sites excluding steroid dienone is 1. The number of hydrogen-bond acceptors (Lipinski definition) is 6. The van der Waals surface area contributed by atoms with E-state index in [9.17, 15) is 24.3 Å². The van der Waals surface area contributed by atoms with Gasteiger partial charge in [-0.1, -0.05) is 93.2 Å². The Morgan fingerprint density at radius 1 is 0.716 bits per heavy atom. The number of amides is 1. The number of aliphatic carboxylic acids is 1. The van der Waals surface area contributed by atoms with Crippen molar-refractivity contribution in [2.75, 3.05) is 0 Å². The first-order chi connectivity index (χ1) is 31.5. The van der Waals surface area contributed by atoms with Crippen LogP contribution >= 0.6 is 0 Å². The molecule has 8 aliphatic carbocycles. The summed E-state index contributed by atoms with van der Waals surface area (Å²) in [4.78, 5) is 53.2. The standard InChI is InChI=1S/C59H96N2O6/c1-35(2)13-12-14-36(3)44-20-21-49-57(44,9)30-26-50-56(8)29-25-43(32-40(56)23-27-58(49,50)10)67-54(66)61-39(6)17-16-38(5)60-42-24-28-55(7)41(31-42)33-48(62)53-46-19-18-45(37(4)15-22-52(64)65)59(46,11)51(63)34-47(53)55/h23,35-39,41-47,49-50,53,60H,12-22,24-34H2,1-11H3,(H,61,66)(H,64,65)/t36-,37+,38?,39?,41-,42?,43+,44-,45+,46-,47-,49-,50-,53-,55-,56+,57-,58+,59+/m0/s1. The van der Waals surface area contributed by atoms with Crippen LogP contribution in [0.4, 0.5) is 4.79 Å². The molecule has 3 N–H and O–H groups in total. The normalized spacial score (nSPS) is 44.1. The van der Waals surface area contributed by atoms with Crippen molar-refractivity contribution in [2.45, 2.75) is 242 Å². The molecule has 8 rings (SSSR count). The molecule has 7 saturated carbocycles. The number of carbonyl (C=O) groups excluding carboxylic acids is 3. The first-order valence-electron chi connectivity index (χ1n) is 28.2. The molecule has 0 heterocycles. The Labute approximate surface area is 407 Å². The summed E-state index contributed by atoms with van der Waals surface area (Å²) in [5, 5.41) is 16.5. The topological polar surface area (TPSA) is 122 Å². The van der Waals surface area contributed by atoms with Crippen molar-refractivity contribution in [3.63, 3.8) is 0 Å². The average molecular weight is 929 g/mol. The number of rotatable bonds is 16. The van der Waals surface area contributed by atoms with Gasteiger partial charge in [0.25, 0.3) is 0 Å². The number of carboxylic acids is 1. The lowest BCUT2D eigenvalue weighted by Gasteiger charge is -2.63. The molecule has 0 spiro atoms. The molecule has 7 fully saturated rings. The molecular weight excluding hydrogens is 833 g/mol. The minimum Gasteiger partial charge on any atom is -0.481 e. The number of carboxylic acid groups (broad SMARTS) is 1. The highest BCUT2D eigenvalue weighted by molar-refractivity contribution is 5.92. The van der Waals surface area contributed by atoms with E-state index in [0.29, 0.717) is 53.6 Å². The molecule has 0 bridgehead atoms. The van der Waals surface area contributed by atoms with Gasteiger partial charge in [0.15, 0.2) is 0 Å². The maximum absolute atomic E-state index is 14.3. The molecule has 0 aromatic carbocycles. The summed E-state index contributed by atoms with van der Waals surface area (Å²) in [6.07, 6.45) is 24.6. The third kappa shape index (κ3) is 9.30. The van der Waals surface area contributed by atoms with Crippen molar-refractivity contribution in [2.24, 2.45) is 92.2 Å². The van der Waals surface area contributed by atoms with Gasteiger partial charge in [-0.05, 0) is 191 Å². The quantitative estimate of drug-likeness (QED) is 0.132. The molecule has 8 aliphatic rings. The minimum absolute atomic E-state index is 0.0114. The highest BCUT2D eigenvalue weighted by atomic mass is 16.6. The monoisotopic (exact) mass is 929 g/mol. The zero-order valence-corrected chi connectivity index (χ0v) is 44.3. The van der Waals surface area contributed by atoms with E-state index in [2.05, 4.69) is 92.9 Å². The summed E-state index contributed by atoms with van der Waals surface area (Å²) < 4.78 is 6.22. The molecule has 1 amide bonds. The number of hydrogen-bond donors (Lipinski definition) is 3. The molecule has 8 heteroatoms. The Balaban J connectivity index is 0.784. The van der Waals surface area contributed by atoms with Gasteiger partial charge in [-0.2, -0.15) is 0 Å². The molecule has 0 radical (unpaired) electrons. The summed E-state index contributed by atoms with van der Waals surface area (Å²) in [6.45, 7) is 26.2. The number of fused-ring (bicyclic) bond motifs is 10. The number of alkyl carbamates (subject to hydrolysis) is 1. The van der Waals surface area contributed by atoms with Crippen LogP contribution in [0, 0.1) is 92.2 Å². The number of carbonyl (C=O) groups is 4. The summed E-state index contributed by atoms with van der Waals surface area (Å²) >= 11 is 0. The van der Waals surface area contributed by atoms with Crippen LogP contribution in [-0.2, 0) is 19.1 Å². The molecule has 0 aromatic heterocycles. The van der Waals surface area contributed by atoms with Crippen LogP contribution in [0.2, 0.25) is 0 Å². The SMILES string of the molecule is CC(C)CCC[C@H](C)[C@@H]1CC[C@@H]2[C@@]3(C)CC=C4C[C@H](OC(=O)NC(C)CCC(C)NC5CC[C@@]6(C)[C@H](CC(=O)[C@@H]7[C@@H]6CC(=O)[C@]6(C)[C@@H]([C@H](C)CCC(=O)O)CC[C@@H]76)C5)CC[C@@]4(C)[C@@H]3CC[C@]21C. The number of Topliss-reactive ketones (excluding diaryl/α,β-unsaturated/α-hetero) is 2. The Bertz CT molecular complexity index is 1880. The van der Waals surface area contributed by atoms with E-state index in [4.69, 9.17) is 4.74 Å². The lowest BCUT2D eigenvalue weighted by atomic mass is 9.41. The van der Waals surface area contributed by atoms with Crippen LogP contribution in [0.5, 0.6) is 0 Å². The fraction of sp³-hybridized carbons (Fsp3) is 0.898. The Kier molecular flexibility index (Phi) is 14.8. The van der Waals surface area contributed by atoms with Crippen molar-refractivity contribution in [3.05, 3.63) is 11.6 Å². The van der Waals surface area contributed by atoms with E-state index >= 15 is 0 Å². The van der Waals surface area contributed by atoms with Crippen LogP contribution < -0.4 is 10.6 Å². The van der Waals surface area contributed by atoms with Crippen LogP contribution in [0.15, 0.2) is 11.6 Å². The number of ether oxygens (including phenoxy) is 1. The van der Waals surface area contributed by atoms with E-state index in [1.54, 1.807) is 5.57 Å². The summed E-state index contributed by atoms with van der Waals surface area (Å²) in [5.74, 6) is 4.66. The molecular formula is C59H96N2O6. The largest absolute Gasteiger partial charge is 0.481 e. The van der Waals surface area contributed by atoms with Gasteiger partial charge >= 0.3 is 12.1 Å².